The lowest BCUT2D eigenvalue weighted by Crippen LogP contribution is -2.49. The molecule has 1 saturated heterocycles. The number of hydrogen-bond donors (Lipinski definition) is 1. The fraction of sp³-hybridized carbons (Fsp3) is 0.500. The molecule has 1 aliphatic rings. The van der Waals surface area contributed by atoms with Gasteiger partial charge < -0.3 is 10.2 Å². The van der Waals surface area contributed by atoms with Gasteiger partial charge in [-0.15, -0.1) is 12.4 Å². The summed E-state index contributed by atoms with van der Waals surface area (Å²) in [6, 6.07) is 4.84. The predicted molar refractivity (Wildman–Crippen MR) is 95.4 cm³/mol. The fourth-order valence-electron chi connectivity index (χ4n) is 2.25. The first-order valence-electron chi connectivity index (χ1n) is 7.03. The zero-order valence-corrected chi connectivity index (χ0v) is 16.3. The average Bonchev–Trinajstić information content (AvgIpc) is 2.50. The number of nitrogens with zero attached hydrogens (tertiary/aromatic N) is 2. The lowest BCUT2D eigenvalue weighted by Gasteiger charge is -2.29. The molecule has 130 valence electrons. The Morgan fingerprint density at radius 3 is 2.52 bits per heavy atom. The zero-order chi connectivity index (χ0) is 16.3. The van der Waals surface area contributed by atoms with Crippen LogP contribution in [0.25, 0.3) is 0 Å². The standard InChI is InChI=1S/C14H20BrN3O3S.ClH/c1-11-9-12(3-4-13(11)15)22(20,21)17(2)10-14(19)18-7-5-16-6-8-18;/h3-4,9,16H,5-8,10H2,1-2H3;1H. The number of amides is 1. The third-order valence-electron chi connectivity index (χ3n) is 3.67. The number of piperazine rings is 1. The van der Waals surface area contributed by atoms with Crippen molar-refractivity contribution < 1.29 is 13.2 Å². The highest BCUT2D eigenvalue weighted by atomic mass is 79.9. The Balaban J connectivity index is 0.00000264. The second-order valence-corrected chi connectivity index (χ2v) is 8.20. The smallest absolute Gasteiger partial charge is 0.243 e. The molecular formula is C14H21BrClN3O3S. The summed E-state index contributed by atoms with van der Waals surface area (Å²) >= 11 is 3.35. The molecule has 0 atom stereocenters. The zero-order valence-electron chi connectivity index (χ0n) is 13.1. The van der Waals surface area contributed by atoms with Gasteiger partial charge in [0.1, 0.15) is 0 Å². The summed E-state index contributed by atoms with van der Waals surface area (Å²) in [6.45, 7) is 4.41. The molecule has 0 spiro atoms. The van der Waals surface area contributed by atoms with Crippen molar-refractivity contribution >= 4 is 44.3 Å². The van der Waals surface area contributed by atoms with Gasteiger partial charge in [-0.2, -0.15) is 4.31 Å². The minimum absolute atomic E-state index is 0. The largest absolute Gasteiger partial charge is 0.339 e. The average molecular weight is 427 g/mol. The number of sulfonamides is 1. The van der Waals surface area contributed by atoms with E-state index < -0.39 is 10.0 Å². The van der Waals surface area contributed by atoms with E-state index in [2.05, 4.69) is 21.2 Å². The van der Waals surface area contributed by atoms with Crippen molar-refractivity contribution in [2.45, 2.75) is 11.8 Å². The number of hydrogen-bond acceptors (Lipinski definition) is 4. The van der Waals surface area contributed by atoms with Gasteiger partial charge in [0, 0.05) is 37.7 Å². The Hall–Kier alpha value is -0.670. The summed E-state index contributed by atoms with van der Waals surface area (Å²) in [5, 5.41) is 3.16. The van der Waals surface area contributed by atoms with Gasteiger partial charge in [-0.3, -0.25) is 4.79 Å². The SMILES string of the molecule is Cc1cc(S(=O)(=O)N(C)CC(=O)N2CCNCC2)ccc1Br.Cl. The number of carbonyl (C=O) groups is 1. The first-order chi connectivity index (χ1) is 10.3. The maximum atomic E-state index is 12.5. The summed E-state index contributed by atoms with van der Waals surface area (Å²) in [6.07, 6.45) is 0. The van der Waals surface area contributed by atoms with Crippen molar-refractivity contribution in [3.05, 3.63) is 28.2 Å². The molecule has 1 amide bonds. The first kappa shape index (κ1) is 20.4. The van der Waals surface area contributed by atoms with Crippen molar-refractivity contribution in [2.24, 2.45) is 0 Å². The molecule has 1 heterocycles. The minimum atomic E-state index is -3.66. The van der Waals surface area contributed by atoms with Gasteiger partial charge in [-0.1, -0.05) is 15.9 Å². The summed E-state index contributed by atoms with van der Waals surface area (Å²) in [5.41, 5.74) is 0.836. The lowest BCUT2D eigenvalue weighted by molar-refractivity contribution is -0.131. The van der Waals surface area contributed by atoms with Crippen molar-refractivity contribution in [1.82, 2.24) is 14.5 Å². The fourth-order valence-corrected chi connectivity index (χ4v) is 3.70. The molecule has 9 heteroatoms. The Kier molecular flexibility index (Phi) is 7.47. The molecule has 0 aliphatic carbocycles. The first-order valence-corrected chi connectivity index (χ1v) is 9.26. The number of rotatable bonds is 4. The highest BCUT2D eigenvalue weighted by Crippen LogP contribution is 2.22. The molecule has 1 aliphatic heterocycles. The van der Waals surface area contributed by atoms with E-state index >= 15 is 0 Å². The molecule has 1 N–H and O–H groups in total. The second kappa shape index (κ2) is 8.43. The van der Waals surface area contributed by atoms with Crippen LogP contribution in [0.15, 0.2) is 27.6 Å². The number of benzene rings is 1. The molecule has 0 bridgehead atoms. The quantitative estimate of drug-likeness (QED) is 0.786. The highest BCUT2D eigenvalue weighted by molar-refractivity contribution is 9.10. The summed E-state index contributed by atoms with van der Waals surface area (Å²) < 4.78 is 27.0. The lowest BCUT2D eigenvalue weighted by atomic mass is 10.2. The maximum Gasteiger partial charge on any atom is 0.243 e. The molecule has 1 aromatic rings. The van der Waals surface area contributed by atoms with Crippen LogP contribution in [0, 0.1) is 6.92 Å². The van der Waals surface area contributed by atoms with Crippen LogP contribution < -0.4 is 5.32 Å². The number of carbonyl (C=O) groups excluding carboxylic acids is 1. The molecule has 2 rings (SSSR count). The molecule has 0 aromatic heterocycles. The maximum absolute atomic E-state index is 12.5. The minimum Gasteiger partial charge on any atom is -0.339 e. The number of aryl methyl sites for hydroxylation is 1. The van der Waals surface area contributed by atoms with E-state index in [0.29, 0.717) is 13.1 Å². The Morgan fingerprint density at radius 2 is 1.96 bits per heavy atom. The van der Waals surface area contributed by atoms with Gasteiger partial charge in [0.2, 0.25) is 15.9 Å². The molecule has 1 fully saturated rings. The van der Waals surface area contributed by atoms with E-state index in [1.54, 1.807) is 17.0 Å². The van der Waals surface area contributed by atoms with E-state index in [4.69, 9.17) is 0 Å². The van der Waals surface area contributed by atoms with Crippen LogP contribution in [0.2, 0.25) is 0 Å². The van der Waals surface area contributed by atoms with E-state index in [9.17, 15) is 13.2 Å². The highest BCUT2D eigenvalue weighted by Gasteiger charge is 2.26. The molecule has 0 saturated carbocycles. The second-order valence-electron chi connectivity index (χ2n) is 5.30. The van der Waals surface area contributed by atoms with Crippen molar-refractivity contribution in [3.63, 3.8) is 0 Å². The number of likely N-dealkylation sites (N-methyl/N-ethyl adjacent to an activating group) is 1. The summed E-state index contributed by atoms with van der Waals surface area (Å²) in [4.78, 5) is 14.1. The topological polar surface area (TPSA) is 69.7 Å². The molecule has 23 heavy (non-hydrogen) atoms. The Bertz CT molecular complexity index is 663. The van der Waals surface area contributed by atoms with Crippen LogP contribution in [0.1, 0.15) is 5.56 Å². The molecule has 6 nitrogen and oxygen atoms in total. The van der Waals surface area contributed by atoms with E-state index in [-0.39, 0.29) is 29.8 Å². The van der Waals surface area contributed by atoms with Crippen molar-refractivity contribution in [2.75, 3.05) is 39.8 Å². The van der Waals surface area contributed by atoms with Crippen LogP contribution in [-0.4, -0.2) is 63.3 Å². The van der Waals surface area contributed by atoms with Crippen LogP contribution in [-0.2, 0) is 14.8 Å². The third kappa shape index (κ3) is 4.90. The Labute approximate surface area is 151 Å². The summed E-state index contributed by atoms with van der Waals surface area (Å²) in [7, 11) is -2.23. The Morgan fingerprint density at radius 1 is 1.35 bits per heavy atom. The van der Waals surface area contributed by atoms with Crippen LogP contribution in [0.3, 0.4) is 0 Å². The van der Waals surface area contributed by atoms with Gasteiger partial charge in [0.25, 0.3) is 0 Å². The van der Waals surface area contributed by atoms with Crippen LogP contribution in [0.4, 0.5) is 0 Å². The molecule has 0 unspecified atom stereocenters. The van der Waals surface area contributed by atoms with E-state index in [1.165, 1.54) is 13.1 Å². The van der Waals surface area contributed by atoms with Crippen LogP contribution in [0.5, 0.6) is 0 Å². The van der Waals surface area contributed by atoms with E-state index in [1.807, 2.05) is 6.92 Å². The molecular weight excluding hydrogens is 406 g/mol. The van der Waals surface area contributed by atoms with Gasteiger partial charge in [0.05, 0.1) is 11.4 Å². The van der Waals surface area contributed by atoms with Crippen LogP contribution >= 0.6 is 28.3 Å². The third-order valence-corrected chi connectivity index (χ3v) is 6.35. The van der Waals surface area contributed by atoms with Crippen molar-refractivity contribution in [1.29, 1.82) is 0 Å². The van der Waals surface area contributed by atoms with E-state index in [0.717, 1.165) is 27.4 Å². The van der Waals surface area contributed by atoms with Crippen molar-refractivity contribution in [3.8, 4) is 0 Å². The van der Waals surface area contributed by atoms with Gasteiger partial charge in [-0.05, 0) is 30.7 Å². The predicted octanol–water partition coefficient (Wildman–Crippen LogP) is 1.23. The van der Waals surface area contributed by atoms with Gasteiger partial charge >= 0.3 is 0 Å². The molecule has 1 aromatic carbocycles. The number of nitrogens with one attached hydrogen (secondary N) is 1. The van der Waals surface area contributed by atoms with Gasteiger partial charge in [0.15, 0.2) is 0 Å². The number of halogens is 2. The summed E-state index contributed by atoms with van der Waals surface area (Å²) in [5.74, 6) is -0.165. The normalized spacial score (nSPS) is 15.4. The van der Waals surface area contributed by atoms with Gasteiger partial charge in [-0.25, -0.2) is 8.42 Å². The molecule has 0 radical (unpaired) electrons. The monoisotopic (exact) mass is 425 g/mol.